The lowest BCUT2D eigenvalue weighted by Crippen LogP contribution is -2.38. The van der Waals surface area contributed by atoms with Gasteiger partial charge in [0, 0.05) is 28.8 Å². The number of hydrogen-bond donors (Lipinski definition) is 1. The van der Waals surface area contributed by atoms with Crippen LogP contribution in [0.3, 0.4) is 0 Å². The SMILES string of the molecule is O=C(Nc1cc(Cl)cc(Cl)c1)ON=C(Cl)C(=O)N1CCCCC1. The van der Waals surface area contributed by atoms with E-state index in [1.54, 1.807) is 4.90 Å². The molecule has 0 atom stereocenters. The van der Waals surface area contributed by atoms with Gasteiger partial charge in [-0.25, -0.2) is 4.79 Å². The number of halogens is 3. The zero-order valence-electron chi connectivity index (χ0n) is 12.0. The topological polar surface area (TPSA) is 71.0 Å². The summed E-state index contributed by atoms with van der Waals surface area (Å²) in [5, 5.41) is 6.04. The van der Waals surface area contributed by atoms with Gasteiger partial charge in [0.15, 0.2) is 0 Å². The molecule has 0 unspecified atom stereocenters. The van der Waals surface area contributed by atoms with E-state index in [1.807, 2.05) is 0 Å². The molecule has 124 valence electrons. The first kappa shape index (κ1) is 17.8. The maximum absolute atomic E-state index is 12.0. The molecule has 0 saturated carbocycles. The Kier molecular flexibility index (Phi) is 6.50. The molecule has 2 rings (SSSR count). The van der Waals surface area contributed by atoms with Crippen molar-refractivity contribution in [1.82, 2.24) is 4.90 Å². The highest BCUT2D eigenvalue weighted by Crippen LogP contribution is 2.22. The molecule has 0 aromatic heterocycles. The predicted molar refractivity (Wildman–Crippen MR) is 90.3 cm³/mol. The van der Waals surface area contributed by atoms with Gasteiger partial charge < -0.3 is 4.90 Å². The van der Waals surface area contributed by atoms with Gasteiger partial charge in [0.2, 0.25) is 5.17 Å². The van der Waals surface area contributed by atoms with Gasteiger partial charge >= 0.3 is 6.09 Å². The smallest absolute Gasteiger partial charge is 0.336 e. The minimum atomic E-state index is -0.909. The van der Waals surface area contributed by atoms with Crippen LogP contribution in [0, 0.1) is 0 Å². The Labute approximate surface area is 148 Å². The van der Waals surface area contributed by atoms with Gasteiger partial charge in [-0.15, -0.1) is 0 Å². The van der Waals surface area contributed by atoms with Gasteiger partial charge in [-0.3, -0.25) is 14.9 Å². The summed E-state index contributed by atoms with van der Waals surface area (Å²) in [6, 6.07) is 4.49. The average Bonchev–Trinajstić information content (AvgIpc) is 2.51. The number of likely N-dealkylation sites (tertiary alicyclic amines) is 1. The number of benzene rings is 1. The van der Waals surface area contributed by atoms with Crippen molar-refractivity contribution in [2.24, 2.45) is 5.16 Å². The quantitative estimate of drug-likeness (QED) is 0.489. The molecule has 0 bridgehead atoms. The minimum absolute atomic E-state index is 0.334. The van der Waals surface area contributed by atoms with Crippen LogP contribution in [0.25, 0.3) is 0 Å². The van der Waals surface area contributed by atoms with Crippen molar-refractivity contribution in [3.05, 3.63) is 28.2 Å². The molecule has 1 fully saturated rings. The molecule has 0 spiro atoms. The molecule has 1 aromatic carbocycles. The second kappa shape index (κ2) is 8.38. The van der Waals surface area contributed by atoms with Crippen molar-refractivity contribution in [2.75, 3.05) is 18.4 Å². The number of oxime groups is 1. The summed E-state index contributed by atoms with van der Waals surface area (Å²) < 4.78 is 0. The largest absolute Gasteiger partial charge is 0.437 e. The van der Waals surface area contributed by atoms with Gasteiger partial charge in [0.25, 0.3) is 5.91 Å². The van der Waals surface area contributed by atoms with E-state index in [0.29, 0.717) is 28.8 Å². The van der Waals surface area contributed by atoms with Crippen LogP contribution in [-0.4, -0.2) is 35.2 Å². The Morgan fingerprint density at radius 2 is 1.70 bits per heavy atom. The fourth-order valence-corrected chi connectivity index (χ4v) is 2.79. The summed E-state index contributed by atoms with van der Waals surface area (Å²) in [7, 11) is 0. The zero-order valence-corrected chi connectivity index (χ0v) is 14.3. The number of carbonyl (C=O) groups excluding carboxylic acids is 2. The second-order valence-electron chi connectivity index (χ2n) is 4.90. The number of amides is 2. The molecule has 1 aromatic rings. The highest BCUT2D eigenvalue weighted by molar-refractivity contribution is 6.82. The van der Waals surface area contributed by atoms with Gasteiger partial charge in [-0.05, 0) is 37.5 Å². The molecule has 1 N–H and O–H groups in total. The van der Waals surface area contributed by atoms with Crippen molar-refractivity contribution in [1.29, 1.82) is 0 Å². The van der Waals surface area contributed by atoms with Crippen LogP contribution in [0.2, 0.25) is 10.0 Å². The van der Waals surface area contributed by atoms with E-state index in [9.17, 15) is 9.59 Å². The maximum Gasteiger partial charge on any atom is 0.437 e. The summed E-state index contributed by atoms with van der Waals surface area (Å²) in [4.78, 5) is 29.8. The number of nitrogens with one attached hydrogen (secondary N) is 1. The monoisotopic (exact) mass is 377 g/mol. The van der Waals surface area contributed by atoms with E-state index in [0.717, 1.165) is 19.3 Å². The van der Waals surface area contributed by atoms with Gasteiger partial charge in [0.1, 0.15) is 0 Å². The fraction of sp³-hybridized carbons (Fsp3) is 0.357. The molecule has 1 heterocycles. The average molecular weight is 379 g/mol. The van der Waals surface area contributed by atoms with Crippen molar-refractivity contribution in [3.8, 4) is 0 Å². The number of rotatable bonds is 3. The fourth-order valence-electron chi connectivity index (χ4n) is 2.11. The maximum atomic E-state index is 12.0. The Hall–Kier alpha value is -1.50. The summed E-state index contributed by atoms with van der Waals surface area (Å²) in [5.41, 5.74) is 0.334. The van der Waals surface area contributed by atoms with E-state index in [-0.39, 0.29) is 0 Å². The summed E-state index contributed by atoms with van der Waals surface area (Å²) in [5.74, 6) is -0.454. The Morgan fingerprint density at radius 1 is 1.09 bits per heavy atom. The Bertz CT molecular complexity index is 611. The van der Waals surface area contributed by atoms with Gasteiger partial charge in [-0.1, -0.05) is 40.0 Å². The number of hydrogen-bond acceptors (Lipinski definition) is 4. The number of nitrogens with zero attached hydrogens (tertiary/aromatic N) is 2. The van der Waals surface area contributed by atoms with Crippen LogP contribution < -0.4 is 5.32 Å². The highest BCUT2D eigenvalue weighted by Gasteiger charge is 2.21. The molecule has 23 heavy (non-hydrogen) atoms. The molecule has 0 aliphatic carbocycles. The highest BCUT2D eigenvalue weighted by atomic mass is 35.5. The zero-order chi connectivity index (χ0) is 16.8. The van der Waals surface area contributed by atoms with E-state index < -0.39 is 17.2 Å². The summed E-state index contributed by atoms with van der Waals surface area (Å²) in [6.45, 7) is 1.25. The van der Waals surface area contributed by atoms with Crippen molar-refractivity contribution < 1.29 is 14.4 Å². The third-order valence-electron chi connectivity index (χ3n) is 3.14. The summed E-state index contributed by atoms with van der Waals surface area (Å²) in [6.07, 6.45) is 2.02. The lowest BCUT2D eigenvalue weighted by molar-refractivity contribution is -0.124. The van der Waals surface area contributed by atoms with Gasteiger partial charge in [-0.2, -0.15) is 0 Å². The van der Waals surface area contributed by atoms with Crippen LogP contribution in [0.1, 0.15) is 19.3 Å². The molecule has 0 radical (unpaired) electrons. The number of anilines is 1. The normalized spacial score (nSPS) is 15.3. The molecular weight excluding hydrogens is 365 g/mol. The number of piperidine rings is 1. The molecule has 2 amide bonds. The third kappa shape index (κ3) is 5.57. The van der Waals surface area contributed by atoms with Crippen LogP contribution >= 0.6 is 34.8 Å². The molecule has 1 aliphatic heterocycles. The van der Waals surface area contributed by atoms with Crippen LogP contribution in [0.5, 0.6) is 0 Å². The molecule has 1 aliphatic rings. The number of carbonyl (C=O) groups is 2. The van der Waals surface area contributed by atoms with Gasteiger partial charge in [0.05, 0.1) is 0 Å². The van der Waals surface area contributed by atoms with E-state index >= 15 is 0 Å². The van der Waals surface area contributed by atoms with E-state index in [2.05, 4.69) is 15.3 Å². The van der Waals surface area contributed by atoms with Crippen LogP contribution in [0.4, 0.5) is 10.5 Å². The molecule has 6 nitrogen and oxygen atoms in total. The van der Waals surface area contributed by atoms with E-state index in [4.69, 9.17) is 34.8 Å². The van der Waals surface area contributed by atoms with E-state index in [1.165, 1.54) is 18.2 Å². The van der Waals surface area contributed by atoms with Crippen molar-refractivity contribution in [2.45, 2.75) is 19.3 Å². The lowest BCUT2D eigenvalue weighted by Gasteiger charge is -2.25. The first-order valence-electron chi connectivity index (χ1n) is 6.92. The Balaban J connectivity index is 1.90. The second-order valence-corrected chi connectivity index (χ2v) is 6.13. The standard InChI is InChI=1S/C14H14Cl3N3O3/c15-9-6-10(16)8-11(7-9)18-14(22)23-19-12(17)13(21)20-4-2-1-3-5-20/h6-8H,1-5H2,(H,18,22). The lowest BCUT2D eigenvalue weighted by atomic mass is 10.1. The predicted octanol–water partition coefficient (Wildman–Crippen LogP) is 4.11. The minimum Gasteiger partial charge on any atom is -0.336 e. The Morgan fingerprint density at radius 3 is 2.30 bits per heavy atom. The molecular formula is C14H14Cl3N3O3. The van der Waals surface area contributed by atoms with Crippen LogP contribution in [-0.2, 0) is 9.63 Å². The molecule has 9 heteroatoms. The van der Waals surface area contributed by atoms with Crippen LogP contribution in [0.15, 0.2) is 23.4 Å². The molecule has 1 saturated heterocycles. The van der Waals surface area contributed by atoms with Crippen molar-refractivity contribution >= 4 is 57.7 Å². The first-order chi connectivity index (χ1) is 11.0. The van der Waals surface area contributed by atoms with Crippen molar-refractivity contribution in [3.63, 3.8) is 0 Å². The first-order valence-corrected chi connectivity index (χ1v) is 8.06. The third-order valence-corrected chi connectivity index (χ3v) is 3.80. The summed E-state index contributed by atoms with van der Waals surface area (Å²) >= 11 is 17.4.